The van der Waals surface area contributed by atoms with Crippen molar-refractivity contribution < 1.29 is 23.5 Å². The Morgan fingerprint density at radius 2 is 1.86 bits per heavy atom. The van der Waals surface area contributed by atoms with Crippen molar-refractivity contribution in [3.63, 3.8) is 0 Å². The number of rotatable bonds is 6. The van der Waals surface area contributed by atoms with Crippen LogP contribution >= 0.6 is 0 Å². The van der Waals surface area contributed by atoms with Crippen molar-refractivity contribution >= 4 is 17.6 Å². The molecule has 4 nitrogen and oxygen atoms in total. The maximum Gasteiger partial charge on any atom is 0.308 e. The molecule has 1 aromatic rings. The van der Waals surface area contributed by atoms with E-state index in [2.05, 4.69) is 0 Å². The van der Waals surface area contributed by atoms with Crippen LogP contribution in [0.3, 0.4) is 0 Å². The number of nitrogens with zero attached hydrogens (tertiary/aromatic N) is 1. The molecule has 21 heavy (non-hydrogen) atoms. The maximum atomic E-state index is 13.9. The SMILES string of the molecule is CC(C)CC(=O)N(CC(C)C(=O)O)c1cc(F)ccc1F. The highest BCUT2D eigenvalue weighted by Crippen LogP contribution is 2.23. The summed E-state index contributed by atoms with van der Waals surface area (Å²) in [5, 5.41) is 8.96. The molecule has 0 aliphatic heterocycles. The minimum absolute atomic E-state index is 0.0248. The van der Waals surface area contributed by atoms with E-state index in [1.54, 1.807) is 0 Å². The van der Waals surface area contributed by atoms with E-state index in [4.69, 9.17) is 5.11 Å². The Bertz CT molecular complexity index is 532. The molecule has 0 fully saturated rings. The number of carboxylic acids is 1. The highest BCUT2D eigenvalue weighted by Gasteiger charge is 2.25. The van der Waals surface area contributed by atoms with Gasteiger partial charge in [-0.25, -0.2) is 8.78 Å². The van der Waals surface area contributed by atoms with Crippen LogP contribution in [0.5, 0.6) is 0 Å². The van der Waals surface area contributed by atoms with Crippen molar-refractivity contribution in [3.05, 3.63) is 29.8 Å². The van der Waals surface area contributed by atoms with Crippen LogP contribution in [0, 0.1) is 23.5 Å². The van der Waals surface area contributed by atoms with Gasteiger partial charge < -0.3 is 10.0 Å². The minimum atomic E-state index is -1.10. The van der Waals surface area contributed by atoms with Crippen molar-refractivity contribution in [1.82, 2.24) is 0 Å². The fraction of sp³-hybridized carbons (Fsp3) is 0.467. The quantitative estimate of drug-likeness (QED) is 0.878. The number of carbonyl (C=O) groups is 2. The molecule has 6 heteroatoms. The van der Waals surface area contributed by atoms with Gasteiger partial charge in [0.2, 0.25) is 5.91 Å². The summed E-state index contributed by atoms with van der Waals surface area (Å²) in [6.07, 6.45) is 0.127. The topological polar surface area (TPSA) is 57.6 Å². The molecule has 1 aromatic carbocycles. The van der Waals surface area contributed by atoms with Crippen LogP contribution in [0.15, 0.2) is 18.2 Å². The zero-order valence-electron chi connectivity index (χ0n) is 12.3. The van der Waals surface area contributed by atoms with Gasteiger partial charge in [-0.1, -0.05) is 20.8 Å². The number of hydrogen-bond donors (Lipinski definition) is 1. The van der Waals surface area contributed by atoms with Crippen LogP contribution in [-0.4, -0.2) is 23.5 Å². The van der Waals surface area contributed by atoms with Gasteiger partial charge in [-0.3, -0.25) is 9.59 Å². The highest BCUT2D eigenvalue weighted by atomic mass is 19.1. The molecule has 116 valence electrons. The van der Waals surface area contributed by atoms with E-state index in [-0.39, 0.29) is 24.6 Å². The number of anilines is 1. The number of carbonyl (C=O) groups excluding carboxylic acids is 1. The molecule has 1 N–H and O–H groups in total. The number of halogens is 2. The van der Waals surface area contributed by atoms with Gasteiger partial charge in [-0.15, -0.1) is 0 Å². The Labute approximate surface area is 122 Å². The molecular formula is C15H19F2NO3. The van der Waals surface area contributed by atoms with Crippen LogP contribution in [0.1, 0.15) is 27.2 Å². The molecule has 0 aliphatic carbocycles. The molecule has 1 rings (SSSR count). The summed E-state index contributed by atoms with van der Waals surface area (Å²) >= 11 is 0. The smallest absolute Gasteiger partial charge is 0.308 e. The molecule has 0 saturated heterocycles. The van der Waals surface area contributed by atoms with Crippen LogP contribution in [0.2, 0.25) is 0 Å². The predicted molar refractivity (Wildman–Crippen MR) is 75.0 cm³/mol. The lowest BCUT2D eigenvalue weighted by molar-refractivity contribution is -0.140. The summed E-state index contributed by atoms with van der Waals surface area (Å²) in [5.74, 6) is -3.83. The van der Waals surface area contributed by atoms with Crippen molar-refractivity contribution in [3.8, 4) is 0 Å². The van der Waals surface area contributed by atoms with Gasteiger partial charge >= 0.3 is 5.97 Å². The maximum absolute atomic E-state index is 13.9. The lowest BCUT2D eigenvalue weighted by Crippen LogP contribution is -2.38. The first-order chi connectivity index (χ1) is 9.72. The van der Waals surface area contributed by atoms with E-state index in [0.717, 1.165) is 23.1 Å². The molecule has 1 amide bonds. The second-order valence-corrected chi connectivity index (χ2v) is 5.44. The molecule has 1 atom stereocenters. The van der Waals surface area contributed by atoms with Gasteiger partial charge in [0.25, 0.3) is 0 Å². The highest BCUT2D eigenvalue weighted by molar-refractivity contribution is 5.94. The van der Waals surface area contributed by atoms with Crippen LogP contribution in [-0.2, 0) is 9.59 Å². The molecule has 0 spiro atoms. The number of amides is 1. The fourth-order valence-corrected chi connectivity index (χ4v) is 1.84. The van der Waals surface area contributed by atoms with Gasteiger partial charge in [0.1, 0.15) is 11.6 Å². The third-order valence-electron chi connectivity index (χ3n) is 2.96. The van der Waals surface area contributed by atoms with Crippen molar-refractivity contribution in [2.24, 2.45) is 11.8 Å². The van der Waals surface area contributed by atoms with Gasteiger partial charge in [-0.2, -0.15) is 0 Å². The zero-order valence-corrected chi connectivity index (χ0v) is 12.3. The van der Waals surface area contributed by atoms with Gasteiger partial charge in [0.05, 0.1) is 11.6 Å². The van der Waals surface area contributed by atoms with Crippen molar-refractivity contribution in [2.45, 2.75) is 27.2 Å². The first-order valence-electron chi connectivity index (χ1n) is 6.70. The Balaban J connectivity index is 3.14. The molecule has 0 bridgehead atoms. The lowest BCUT2D eigenvalue weighted by atomic mass is 10.1. The van der Waals surface area contributed by atoms with E-state index in [1.807, 2.05) is 13.8 Å². The third-order valence-corrected chi connectivity index (χ3v) is 2.96. The standard InChI is InChI=1S/C15H19F2NO3/c1-9(2)6-14(19)18(8-10(3)15(20)21)13-7-11(16)4-5-12(13)17/h4-5,7,9-10H,6,8H2,1-3H3,(H,20,21). The van der Waals surface area contributed by atoms with Crippen LogP contribution in [0.4, 0.5) is 14.5 Å². The molecule has 0 saturated carbocycles. The number of aliphatic carboxylic acids is 1. The Hall–Kier alpha value is -1.98. The lowest BCUT2D eigenvalue weighted by Gasteiger charge is -2.26. The van der Waals surface area contributed by atoms with E-state index >= 15 is 0 Å². The van der Waals surface area contributed by atoms with E-state index in [1.165, 1.54) is 6.92 Å². The summed E-state index contributed by atoms with van der Waals surface area (Å²) < 4.78 is 27.2. The Kier molecular flexibility index (Phi) is 5.81. The van der Waals surface area contributed by atoms with E-state index in [0.29, 0.717) is 0 Å². The molecule has 0 aliphatic rings. The van der Waals surface area contributed by atoms with Crippen LogP contribution < -0.4 is 4.90 Å². The predicted octanol–water partition coefficient (Wildman–Crippen LogP) is 3.06. The number of carboxylic acid groups (broad SMARTS) is 1. The van der Waals surface area contributed by atoms with Crippen molar-refractivity contribution in [1.29, 1.82) is 0 Å². The molecule has 0 heterocycles. The summed E-state index contributed by atoms with van der Waals surface area (Å²) in [5.41, 5.74) is -0.228. The monoisotopic (exact) mass is 299 g/mol. The largest absolute Gasteiger partial charge is 0.481 e. The molecule has 1 unspecified atom stereocenters. The number of benzene rings is 1. The second-order valence-electron chi connectivity index (χ2n) is 5.44. The summed E-state index contributed by atoms with van der Waals surface area (Å²) in [4.78, 5) is 24.2. The van der Waals surface area contributed by atoms with E-state index < -0.39 is 29.4 Å². The molecular weight excluding hydrogens is 280 g/mol. The Morgan fingerprint density at radius 1 is 1.24 bits per heavy atom. The molecule has 0 aromatic heterocycles. The summed E-state index contributed by atoms with van der Waals surface area (Å²) in [6.45, 7) is 4.84. The van der Waals surface area contributed by atoms with E-state index in [9.17, 15) is 18.4 Å². The minimum Gasteiger partial charge on any atom is -0.481 e. The average Bonchev–Trinajstić information content (AvgIpc) is 2.37. The third kappa shape index (κ3) is 4.81. The van der Waals surface area contributed by atoms with Crippen molar-refractivity contribution in [2.75, 3.05) is 11.4 Å². The Morgan fingerprint density at radius 3 is 2.38 bits per heavy atom. The zero-order chi connectivity index (χ0) is 16.2. The summed E-state index contributed by atoms with van der Waals surface area (Å²) in [6, 6.07) is 2.78. The fourth-order valence-electron chi connectivity index (χ4n) is 1.84. The normalized spacial score (nSPS) is 12.3. The number of hydrogen-bond acceptors (Lipinski definition) is 2. The van der Waals surface area contributed by atoms with Crippen LogP contribution in [0.25, 0.3) is 0 Å². The summed E-state index contributed by atoms with van der Waals surface area (Å²) in [7, 11) is 0. The van der Waals surface area contributed by atoms with Gasteiger partial charge in [-0.05, 0) is 18.1 Å². The first kappa shape index (κ1) is 17.1. The average molecular weight is 299 g/mol. The van der Waals surface area contributed by atoms with Gasteiger partial charge in [0, 0.05) is 19.0 Å². The molecule has 0 radical (unpaired) electrons. The van der Waals surface area contributed by atoms with Gasteiger partial charge in [0.15, 0.2) is 0 Å². The second kappa shape index (κ2) is 7.15. The first-order valence-corrected chi connectivity index (χ1v) is 6.70.